The fourth-order valence-electron chi connectivity index (χ4n) is 2.09. The Labute approximate surface area is 164 Å². The zero-order valence-corrected chi connectivity index (χ0v) is 15.8. The summed E-state index contributed by atoms with van der Waals surface area (Å²) in [6, 6.07) is 3.56. The quantitative estimate of drug-likeness (QED) is 0.114. The first-order chi connectivity index (χ1) is 13.5. The van der Waals surface area contributed by atoms with Crippen molar-refractivity contribution in [1.29, 1.82) is 16.5 Å². The molecule has 1 rings (SSSR count). The summed E-state index contributed by atoms with van der Waals surface area (Å²) in [4.78, 5) is 27.0. The third kappa shape index (κ3) is 11.9. The number of nitrogens with zero attached hydrogens (tertiary/aromatic N) is 4. The fourth-order valence-corrected chi connectivity index (χ4v) is 2.09. The Morgan fingerprint density at radius 1 is 1.32 bits per heavy atom. The van der Waals surface area contributed by atoms with E-state index in [1.165, 1.54) is 11.1 Å². The number of carbonyl (C=O) groups excluding carboxylic acids is 1. The van der Waals surface area contributed by atoms with Crippen LogP contribution in [0.15, 0.2) is 59.2 Å². The number of pyridine rings is 1. The Hall–Kier alpha value is -3.56. The van der Waals surface area contributed by atoms with Crippen molar-refractivity contribution in [3.05, 3.63) is 59.4 Å². The molecule has 0 radical (unpaired) electrons. The number of amides is 1. The molecule has 0 aliphatic heterocycles. The van der Waals surface area contributed by atoms with Crippen molar-refractivity contribution in [2.75, 3.05) is 6.54 Å². The van der Waals surface area contributed by atoms with Crippen molar-refractivity contribution in [3.8, 4) is 0 Å². The summed E-state index contributed by atoms with van der Waals surface area (Å²) in [6.45, 7) is 2.50. The van der Waals surface area contributed by atoms with Crippen LogP contribution >= 0.6 is 0 Å². The maximum atomic E-state index is 11.8. The van der Waals surface area contributed by atoms with Crippen LogP contribution in [-0.4, -0.2) is 34.0 Å². The zero-order valence-electron chi connectivity index (χ0n) is 15.8. The van der Waals surface area contributed by atoms with E-state index in [1.807, 2.05) is 13.0 Å². The number of nitroso groups, excluding NO2 is 1. The second kappa shape index (κ2) is 15.7. The molecule has 0 saturated carbocycles. The molecule has 0 aromatic carbocycles. The molecule has 0 unspecified atom stereocenters. The van der Waals surface area contributed by atoms with Gasteiger partial charge in [0, 0.05) is 30.9 Å². The first kappa shape index (κ1) is 24.4. The molecule has 0 spiro atoms. The van der Waals surface area contributed by atoms with E-state index < -0.39 is 0 Å². The van der Waals surface area contributed by atoms with E-state index in [2.05, 4.69) is 20.8 Å². The van der Waals surface area contributed by atoms with Gasteiger partial charge in [-0.05, 0) is 50.0 Å². The lowest BCUT2D eigenvalue weighted by atomic mass is 10.1. The highest BCUT2D eigenvalue weighted by Crippen LogP contribution is 2.02. The van der Waals surface area contributed by atoms with Crippen LogP contribution in [0.3, 0.4) is 0 Å². The van der Waals surface area contributed by atoms with Crippen LogP contribution in [0.4, 0.5) is 0 Å². The summed E-state index contributed by atoms with van der Waals surface area (Å²) in [5.41, 5.74) is 18.4. The van der Waals surface area contributed by atoms with Gasteiger partial charge < -0.3 is 11.1 Å². The largest absolute Gasteiger partial charge is 0.384 e. The summed E-state index contributed by atoms with van der Waals surface area (Å²) in [5.74, 6) is -0.272. The van der Waals surface area contributed by atoms with E-state index in [0.29, 0.717) is 18.7 Å². The molecule has 0 aliphatic rings. The third-order valence-corrected chi connectivity index (χ3v) is 3.32. The number of unbranched alkanes of at least 4 members (excludes halogenated alkanes) is 1. The maximum Gasteiger partial charge on any atom is 0.252 e. The Kier molecular flexibility index (Phi) is 13.7. The molecule has 5 N–H and O–H groups in total. The van der Waals surface area contributed by atoms with E-state index >= 15 is 0 Å². The number of aromatic nitrogens is 1. The molecule has 0 atom stereocenters. The van der Waals surface area contributed by atoms with Gasteiger partial charge in [-0.15, -0.1) is 0 Å². The minimum atomic E-state index is -0.352. The van der Waals surface area contributed by atoms with Crippen LogP contribution in [0.2, 0.25) is 0 Å². The van der Waals surface area contributed by atoms with Crippen LogP contribution in [0.25, 0.3) is 0 Å². The molecule has 0 bridgehead atoms. The first-order valence-corrected chi connectivity index (χ1v) is 8.53. The van der Waals surface area contributed by atoms with Crippen LogP contribution in [0.5, 0.6) is 0 Å². The normalized spacial score (nSPS) is 11.1. The van der Waals surface area contributed by atoms with Gasteiger partial charge in [0.1, 0.15) is 5.84 Å². The second-order valence-electron chi connectivity index (χ2n) is 5.53. The van der Waals surface area contributed by atoms with Gasteiger partial charge in [-0.2, -0.15) is 15.4 Å². The molecule has 10 nitrogen and oxygen atoms in total. The smallest absolute Gasteiger partial charge is 0.252 e. The minimum absolute atomic E-state index is 0.0795. The number of allylic oxidation sites excluding steroid dienone is 2. The topological polar surface area (TPSA) is 173 Å². The Balaban J connectivity index is 0.00000352. The summed E-state index contributed by atoms with van der Waals surface area (Å²) < 4.78 is 0. The predicted molar refractivity (Wildman–Crippen MR) is 108 cm³/mol. The average molecular weight is 386 g/mol. The van der Waals surface area contributed by atoms with E-state index in [9.17, 15) is 4.79 Å². The van der Waals surface area contributed by atoms with E-state index in [4.69, 9.17) is 21.6 Å². The SMILES string of the molecule is C/C=C/N(CCCCC(=N)/C=C\C(N)=NC(=O)Cc1cccnc1)N=N.N=O. The summed E-state index contributed by atoms with van der Waals surface area (Å²) in [5, 5.41) is 12.8. The van der Waals surface area contributed by atoms with E-state index in [1.54, 1.807) is 36.8 Å². The Morgan fingerprint density at radius 3 is 2.68 bits per heavy atom. The maximum absolute atomic E-state index is 11.8. The standard InChI is InChI=1S/C18H25N7O.HNO/c1-2-11-25(24-21)12-4-3-7-16(19)8-9-17(20)23-18(26)13-15-6-5-10-22-14-15;1-2/h2,5-6,8-11,14,19,21H,3-4,7,12-13H2,1H3,(H2,20,23,26);1H/b9-8-,11-2+,19-16?,24-21?;. The van der Waals surface area contributed by atoms with Crippen molar-refractivity contribution in [3.63, 3.8) is 0 Å². The lowest BCUT2D eigenvalue weighted by Crippen LogP contribution is -2.13. The number of hydrogen-bond donors (Lipinski definition) is 4. The van der Waals surface area contributed by atoms with Crippen LogP contribution in [0.1, 0.15) is 31.7 Å². The van der Waals surface area contributed by atoms with Gasteiger partial charge in [-0.25, -0.2) is 0 Å². The molecular formula is C18H26N8O2. The van der Waals surface area contributed by atoms with Crippen LogP contribution in [0, 0.1) is 21.4 Å². The van der Waals surface area contributed by atoms with Gasteiger partial charge in [0.15, 0.2) is 0 Å². The molecule has 1 aromatic heterocycles. The van der Waals surface area contributed by atoms with Gasteiger partial charge in [0.05, 0.1) is 6.42 Å². The molecule has 0 saturated heterocycles. The lowest BCUT2D eigenvalue weighted by molar-refractivity contribution is -0.117. The number of rotatable bonds is 11. The molecule has 1 aromatic rings. The number of nitrogens with two attached hydrogens (primary N) is 1. The fraction of sp³-hybridized carbons (Fsp3) is 0.333. The zero-order chi connectivity index (χ0) is 21.2. The first-order valence-electron chi connectivity index (χ1n) is 8.53. The van der Waals surface area contributed by atoms with Crippen molar-refractivity contribution >= 4 is 17.5 Å². The number of hydrogen-bond acceptors (Lipinski definition) is 7. The second-order valence-corrected chi connectivity index (χ2v) is 5.53. The molecule has 10 heteroatoms. The Morgan fingerprint density at radius 2 is 2.07 bits per heavy atom. The van der Waals surface area contributed by atoms with E-state index in [-0.39, 0.29) is 18.2 Å². The summed E-state index contributed by atoms with van der Waals surface area (Å²) in [7, 11) is 0. The van der Waals surface area contributed by atoms with E-state index in [0.717, 1.165) is 18.4 Å². The van der Waals surface area contributed by atoms with Gasteiger partial charge in [-0.1, -0.05) is 23.0 Å². The van der Waals surface area contributed by atoms with Crippen molar-refractivity contribution < 1.29 is 4.79 Å². The van der Waals surface area contributed by atoms with Gasteiger partial charge in [-0.3, -0.25) is 14.8 Å². The monoisotopic (exact) mass is 386 g/mol. The average Bonchev–Trinajstić information content (AvgIpc) is 2.71. The summed E-state index contributed by atoms with van der Waals surface area (Å²) >= 11 is 0. The highest BCUT2D eigenvalue weighted by atomic mass is 16.2. The minimum Gasteiger partial charge on any atom is -0.384 e. The molecule has 0 fully saturated rings. The molecule has 150 valence electrons. The molecule has 1 amide bonds. The Bertz CT molecular complexity index is 701. The molecule has 0 aliphatic carbocycles. The number of aliphatic imine (C=N–C) groups is 1. The van der Waals surface area contributed by atoms with Crippen molar-refractivity contribution in [2.24, 2.45) is 15.9 Å². The number of nitrogens with one attached hydrogen (secondary N) is 3. The molecular weight excluding hydrogens is 360 g/mol. The van der Waals surface area contributed by atoms with Gasteiger partial charge in [0.2, 0.25) is 0 Å². The molecule has 1 heterocycles. The molecule has 28 heavy (non-hydrogen) atoms. The van der Waals surface area contributed by atoms with Crippen molar-refractivity contribution in [2.45, 2.75) is 32.6 Å². The van der Waals surface area contributed by atoms with Gasteiger partial charge in [0.25, 0.3) is 5.91 Å². The van der Waals surface area contributed by atoms with Crippen LogP contribution < -0.4 is 5.73 Å². The highest BCUT2D eigenvalue weighted by Gasteiger charge is 2.02. The number of carbonyl (C=O) groups is 1. The lowest BCUT2D eigenvalue weighted by Gasteiger charge is -2.10. The van der Waals surface area contributed by atoms with Crippen molar-refractivity contribution in [1.82, 2.24) is 9.99 Å². The van der Waals surface area contributed by atoms with Gasteiger partial charge >= 0.3 is 0 Å². The van der Waals surface area contributed by atoms with Crippen LogP contribution in [-0.2, 0) is 11.2 Å². The highest BCUT2D eigenvalue weighted by molar-refractivity contribution is 6.04. The number of amidine groups is 1. The summed E-state index contributed by atoms with van der Waals surface area (Å²) in [6.07, 6.45) is 12.2. The predicted octanol–water partition coefficient (Wildman–Crippen LogP) is 3.37. The third-order valence-electron chi connectivity index (χ3n) is 3.32.